The van der Waals surface area contributed by atoms with Crippen molar-refractivity contribution >= 4 is 11.7 Å². The number of hydrogen-bond acceptors (Lipinski definition) is 2. The van der Waals surface area contributed by atoms with Crippen LogP contribution in [0.2, 0.25) is 0 Å². The molecule has 0 aromatic heterocycles. The molecule has 3 heteroatoms. The van der Waals surface area contributed by atoms with Crippen LogP contribution in [0.4, 0.5) is 5.69 Å². The Morgan fingerprint density at radius 1 is 1.12 bits per heavy atom. The minimum atomic E-state index is -0.879. The summed E-state index contributed by atoms with van der Waals surface area (Å²) in [7, 11) is 0. The van der Waals surface area contributed by atoms with E-state index in [1.165, 1.54) is 22.4 Å². The summed E-state index contributed by atoms with van der Waals surface area (Å²) in [6, 6.07) is 12.0. The lowest BCUT2D eigenvalue weighted by atomic mass is 9.76. The van der Waals surface area contributed by atoms with Gasteiger partial charge >= 0.3 is 5.97 Å². The largest absolute Gasteiger partial charge is 0.478 e. The van der Waals surface area contributed by atoms with E-state index < -0.39 is 5.97 Å². The summed E-state index contributed by atoms with van der Waals surface area (Å²) in [5.41, 5.74) is 6.72. The first-order chi connectivity index (χ1) is 11.6. The highest BCUT2D eigenvalue weighted by atomic mass is 16.4. The third kappa shape index (κ3) is 2.23. The highest BCUT2D eigenvalue weighted by Gasteiger charge is 2.38. The topological polar surface area (TPSA) is 49.3 Å². The first-order valence-electron chi connectivity index (χ1n) is 8.43. The van der Waals surface area contributed by atoms with Gasteiger partial charge in [0.2, 0.25) is 0 Å². The number of allylic oxidation sites excluding steroid dienone is 2. The van der Waals surface area contributed by atoms with E-state index in [1.807, 2.05) is 12.1 Å². The molecule has 1 aliphatic heterocycles. The van der Waals surface area contributed by atoms with E-state index in [-0.39, 0.29) is 6.04 Å². The molecule has 0 amide bonds. The first-order valence-corrected chi connectivity index (χ1v) is 8.43. The molecule has 2 aliphatic rings. The summed E-state index contributed by atoms with van der Waals surface area (Å²) in [4.78, 5) is 11.1. The quantitative estimate of drug-likeness (QED) is 0.780. The molecule has 4 rings (SSSR count). The molecule has 3 nitrogen and oxygen atoms in total. The Labute approximate surface area is 142 Å². The Hall–Kier alpha value is -2.55. The predicted molar refractivity (Wildman–Crippen MR) is 95.7 cm³/mol. The van der Waals surface area contributed by atoms with Crippen LogP contribution < -0.4 is 5.32 Å². The van der Waals surface area contributed by atoms with E-state index in [4.69, 9.17) is 5.11 Å². The normalized spacial score (nSPS) is 24.2. The van der Waals surface area contributed by atoms with Crippen LogP contribution in [0.5, 0.6) is 0 Å². The third-order valence-corrected chi connectivity index (χ3v) is 5.58. The number of carbonyl (C=O) groups is 1. The fraction of sp³-hybridized carbons (Fsp3) is 0.286. The molecule has 0 saturated carbocycles. The van der Waals surface area contributed by atoms with Crippen LogP contribution >= 0.6 is 0 Å². The SMILES string of the molecule is Cc1ccc2c(c1C)N[C@@H](c1ccc(C(=O)O)cc1)[C@H]1CC=C[C@H]21. The van der Waals surface area contributed by atoms with Gasteiger partial charge in [-0.25, -0.2) is 4.79 Å². The van der Waals surface area contributed by atoms with E-state index in [0.717, 1.165) is 12.0 Å². The second-order valence-corrected chi connectivity index (χ2v) is 6.87. The second kappa shape index (κ2) is 5.52. The molecule has 0 bridgehead atoms. The van der Waals surface area contributed by atoms with Crippen LogP contribution in [0.25, 0.3) is 0 Å². The van der Waals surface area contributed by atoms with Crippen molar-refractivity contribution in [3.8, 4) is 0 Å². The summed E-state index contributed by atoms with van der Waals surface area (Å²) in [5.74, 6) is 0.0374. The second-order valence-electron chi connectivity index (χ2n) is 6.87. The Kier molecular flexibility index (Phi) is 3.45. The van der Waals surface area contributed by atoms with Gasteiger partial charge in [-0.15, -0.1) is 0 Å². The molecule has 2 N–H and O–H groups in total. The number of fused-ring (bicyclic) bond motifs is 3. The molecule has 1 aliphatic carbocycles. The number of aromatic carboxylic acids is 1. The van der Waals surface area contributed by atoms with E-state index in [2.05, 4.69) is 43.4 Å². The molecular formula is C21H21NO2. The van der Waals surface area contributed by atoms with Gasteiger partial charge in [0, 0.05) is 11.6 Å². The van der Waals surface area contributed by atoms with E-state index >= 15 is 0 Å². The van der Waals surface area contributed by atoms with Gasteiger partial charge < -0.3 is 10.4 Å². The standard InChI is InChI=1S/C21H21NO2/c1-12-6-11-18-16-4-3-5-17(16)20(22-19(18)13(12)2)14-7-9-15(10-8-14)21(23)24/h3-4,6-11,16-17,20,22H,5H2,1-2H3,(H,23,24)/t16-,17-,20-/m0/s1. The lowest BCUT2D eigenvalue weighted by Gasteiger charge is -2.38. The molecule has 3 atom stereocenters. The molecule has 0 fully saturated rings. The lowest BCUT2D eigenvalue weighted by Crippen LogP contribution is -2.29. The third-order valence-electron chi connectivity index (χ3n) is 5.58. The monoisotopic (exact) mass is 319 g/mol. The maximum absolute atomic E-state index is 11.1. The molecule has 24 heavy (non-hydrogen) atoms. The summed E-state index contributed by atoms with van der Waals surface area (Å²) in [5, 5.41) is 12.9. The maximum atomic E-state index is 11.1. The van der Waals surface area contributed by atoms with E-state index in [9.17, 15) is 4.79 Å². The summed E-state index contributed by atoms with van der Waals surface area (Å²) in [6.07, 6.45) is 5.66. The molecule has 2 aromatic carbocycles. The Balaban J connectivity index is 1.77. The van der Waals surface area contributed by atoms with Crippen molar-refractivity contribution in [1.29, 1.82) is 0 Å². The van der Waals surface area contributed by atoms with Crippen molar-refractivity contribution in [1.82, 2.24) is 0 Å². The van der Waals surface area contributed by atoms with Gasteiger partial charge in [-0.2, -0.15) is 0 Å². The van der Waals surface area contributed by atoms with Gasteiger partial charge in [-0.05, 0) is 60.6 Å². The van der Waals surface area contributed by atoms with Crippen LogP contribution in [0.3, 0.4) is 0 Å². The molecule has 0 radical (unpaired) electrons. The predicted octanol–water partition coefficient (Wildman–Crippen LogP) is 4.83. The zero-order valence-electron chi connectivity index (χ0n) is 13.9. The zero-order valence-corrected chi connectivity index (χ0v) is 13.9. The lowest BCUT2D eigenvalue weighted by molar-refractivity contribution is 0.0697. The molecule has 0 saturated heterocycles. The van der Waals surface area contributed by atoms with Crippen LogP contribution in [0.15, 0.2) is 48.6 Å². The number of anilines is 1. The van der Waals surface area contributed by atoms with Crippen LogP contribution in [-0.4, -0.2) is 11.1 Å². The van der Waals surface area contributed by atoms with Gasteiger partial charge in [0.15, 0.2) is 0 Å². The molecule has 122 valence electrons. The number of carboxylic acids is 1. The number of aryl methyl sites for hydroxylation is 1. The number of hydrogen-bond donors (Lipinski definition) is 2. The van der Waals surface area contributed by atoms with Crippen LogP contribution in [0, 0.1) is 19.8 Å². The first kappa shape index (κ1) is 15.0. The Morgan fingerprint density at radius 2 is 1.88 bits per heavy atom. The zero-order chi connectivity index (χ0) is 16.8. The average Bonchev–Trinajstić information content (AvgIpc) is 3.07. The van der Waals surface area contributed by atoms with E-state index in [0.29, 0.717) is 17.4 Å². The van der Waals surface area contributed by atoms with Crippen LogP contribution in [0.1, 0.15) is 51.0 Å². The average molecular weight is 319 g/mol. The Morgan fingerprint density at radius 3 is 2.58 bits per heavy atom. The maximum Gasteiger partial charge on any atom is 0.335 e. The number of benzene rings is 2. The minimum Gasteiger partial charge on any atom is -0.478 e. The van der Waals surface area contributed by atoms with Gasteiger partial charge in [0.25, 0.3) is 0 Å². The van der Waals surface area contributed by atoms with Gasteiger partial charge in [0.1, 0.15) is 0 Å². The summed E-state index contributed by atoms with van der Waals surface area (Å²) >= 11 is 0. The fourth-order valence-corrected chi connectivity index (χ4v) is 4.08. The van der Waals surface area contributed by atoms with Crippen molar-refractivity contribution in [3.05, 3.63) is 76.4 Å². The highest BCUT2D eigenvalue weighted by molar-refractivity contribution is 5.87. The molecule has 1 heterocycles. The van der Waals surface area contributed by atoms with Gasteiger partial charge in [0.05, 0.1) is 11.6 Å². The van der Waals surface area contributed by atoms with Crippen molar-refractivity contribution in [2.24, 2.45) is 5.92 Å². The molecule has 2 aromatic rings. The molecule has 0 spiro atoms. The van der Waals surface area contributed by atoms with Gasteiger partial charge in [-0.3, -0.25) is 0 Å². The van der Waals surface area contributed by atoms with Crippen LogP contribution in [-0.2, 0) is 0 Å². The Bertz CT molecular complexity index is 836. The summed E-state index contributed by atoms with van der Waals surface area (Å²) < 4.78 is 0. The summed E-state index contributed by atoms with van der Waals surface area (Å²) in [6.45, 7) is 4.31. The number of nitrogens with one attached hydrogen (secondary N) is 1. The van der Waals surface area contributed by atoms with Gasteiger partial charge in [-0.1, -0.05) is 36.4 Å². The fourth-order valence-electron chi connectivity index (χ4n) is 4.08. The van der Waals surface area contributed by atoms with E-state index in [1.54, 1.807) is 12.1 Å². The minimum absolute atomic E-state index is 0.209. The van der Waals surface area contributed by atoms with Crippen molar-refractivity contribution in [3.63, 3.8) is 0 Å². The van der Waals surface area contributed by atoms with Crippen molar-refractivity contribution < 1.29 is 9.90 Å². The smallest absolute Gasteiger partial charge is 0.335 e. The van der Waals surface area contributed by atoms with Crippen molar-refractivity contribution in [2.45, 2.75) is 32.2 Å². The highest BCUT2D eigenvalue weighted by Crippen LogP contribution is 2.50. The molecular weight excluding hydrogens is 298 g/mol. The van der Waals surface area contributed by atoms with Crippen molar-refractivity contribution in [2.75, 3.05) is 5.32 Å². The number of rotatable bonds is 2. The molecule has 0 unspecified atom stereocenters. The number of carboxylic acid groups (broad SMARTS) is 1.